The van der Waals surface area contributed by atoms with Crippen LogP contribution >= 0.6 is 74.6 Å². The molecule has 0 aromatic heterocycles. The molecule has 3 unspecified atom stereocenters. The number of rotatable bonds is 46. The molecule has 366 valence electrons. The first-order valence-electron chi connectivity index (χ1n) is 23.9. The Morgan fingerprint density at radius 3 is 1.08 bits per heavy atom. The summed E-state index contributed by atoms with van der Waals surface area (Å²) in [6.45, 7) is 24.2. The van der Waals surface area contributed by atoms with Gasteiger partial charge in [0.25, 0.3) is 0 Å². The van der Waals surface area contributed by atoms with E-state index in [4.69, 9.17) is 39.8 Å². The highest BCUT2D eigenvalue weighted by molar-refractivity contribution is 9.09. The number of unbranched alkanes of at least 4 members (excludes halogenated alkanes) is 3. The standard InChI is InChI=1S/C42H90O9S7Si3/c1-10-43-59(44-11-2,45-12-3)36-22-19-30-52-33-27-40-25-26-41(28-34-55-57-53-31-20-23-37-60(46-13-4,47-14-5)48-15-6)42(39-40)29-35-56-58-54-32-21-24-38-61(49-16-7,50-17-8)51-18-9/h40-42H,10-39H2,1-9H3. The van der Waals surface area contributed by atoms with Gasteiger partial charge in [-0.1, -0.05) is 49.6 Å². The highest BCUT2D eigenvalue weighted by Crippen LogP contribution is 2.44. The summed E-state index contributed by atoms with van der Waals surface area (Å²) in [6, 6.07) is 2.76. The molecule has 1 aliphatic carbocycles. The highest BCUT2D eigenvalue weighted by atomic mass is 33.5. The molecule has 61 heavy (non-hydrogen) atoms. The first-order valence-corrected chi connectivity index (χ1v) is 38.5. The summed E-state index contributed by atoms with van der Waals surface area (Å²) >= 11 is 2.15. The van der Waals surface area contributed by atoms with Crippen LogP contribution < -0.4 is 0 Å². The SMILES string of the molecule is CCO[Si](CCCCSCCC1CCC(CCSSSCCCC[Si](OCC)(OCC)OCC)C(CCSSSCCCC[Si](OCC)(OCC)OCC)C1)(OCC)OCC. The Labute approximate surface area is 406 Å². The zero-order valence-corrected chi connectivity index (χ0v) is 48.7. The van der Waals surface area contributed by atoms with Crippen LogP contribution in [-0.2, 0) is 39.8 Å². The van der Waals surface area contributed by atoms with Crippen LogP contribution in [0.2, 0.25) is 18.1 Å². The second-order valence-corrected chi connectivity index (χ2v) is 33.3. The number of thioether (sulfide) groups is 1. The van der Waals surface area contributed by atoms with Gasteiger partial charge in [-0.25, -0.2) is 0 Å². The minimum atomic E-state index is -2.52. The monoisotopic (exact) mass is 1050 g/mol. The number of hydrogen-bond acceptors (Lipinski definition) is 16. The fourth-order valence-corrected chi connectivity index (χ4v) is 25.1. The first-order chi connectivity index (χ1) is 29.8. The molecule has 0 aromatic carbocycles. The molecule has 3 atom stereocenters. The van der Waals surface area contributed by atoms with Crippen molar-refractivity contribution in [3.05, 3.63) is 0 Å². The maximum absolute atomic E-state index is 6.07. The van der Waals surface area contributed by atoms with E-state index in [1.165, 1.54) is 80.8 Å². The van der Waals surface area contributed by atoms with E-state index in [-0.39, 0.29) is 0 Å². The molecule has 0 saturated heterocycles. The lowest BCUT2D eigenvalue weighted by atomic mass is 9.71. The Hall–Kier alpha value is 2.74. The van der Waals surface area contributed by atoms with Crippen LogP contribution in [0.15, 0.2) is 0 Å². The van der Waals surface area contributed by atoms with Crippen LogP contribution in [0.25, 0.3) is 0 Å². The second kappa shape index (κ2) is 41.7. The first kappa shape index (κ1) is 61.8. The lowest BCUT2D eigenvalue weighted by Gasteiger charge is -2.36. The van der Waals surface area contributed by atoms with Crippen LogP contribution in [-0.4, -0.2) is 120 Å². The lowest BCUT2D eigenvalue weighted by molar-refractivity contribution is 0.0700. The van der Waals surface area contributed by atoms with E-state index in [1.54, 1.807) is 0 Å². The molecule has 1 saturated carbocycles. The molecule has 19 heteroatoms. The molecule has 0 radical (unpaired) electrons. The summed E-state index contributed by atoms with van der Waals surface area (Å²) in [4.78, 5) is 0. The molecule has 0 spiro atoms. The van der Waals surface area contributed by atoms with Crippen molar-refractivity contribution < 1.29 is 39.8 Å². The van der Waals surface area contributed by atoms with E-state index < -0.39 is 26.4 Å². The molecule has 0 heterocycles. The Bertz CT molecular complexity index is 929. The fraction of sp³-hybridized carbons (Fsp3) is 1.00. The van der Waals surface area contributed by atoms with E-state index in [1.807, 2.05) is 104 Å². The molecule has 1 aliphatic rings. The Balaban J connectivity index is 2.53. The quantitative estimate of drug-likeness (QED) is 0.0329. The molecule has 0 bridgehead atoms. The summed E-state index contributed by atoms with van der Waals surface area (Å²) in [5, 5.41) is 0. The Morgan fingerprint density at radius 1 is 0.361 bits per heavy atom. The van der Waals surface area contributed by atoms with Gasteiger partial charge in [-0.15, -0.1) is 0 Å². The van der Waals surface area contributed by atoms with E-state index in [0.29, 0.717) is 59.5 Å². The van der Waals surface area contributed by atoms with Gasteiger partial charge in [-0.2, -0.15) is 11.8 Å². The predicted molar refractivity (Wildman–Crippen MR) is 285 cm³/mol. The van der Waals surface area contributed by atoms with Gasteiger partial charge in [0.2, 0.25) is 0 Å². The van der Waals surface area contributed by atoms with Crippen molar-refractivity contribution in [3.63, 3.8) is 0 Å². The van der Waals surface area contributed by atoms with Gasteiger partial charge >= 0.3 is 26.4 Å². The van der Waals surface area contributed by atoms with Crippen LogP contribution in [0.3, 0.4) is 0 Å². The predicted octanol–water partition coefficient (Wildman–Crippen LogP) is 14.5. The van der Waals surface area contributed by atoms with E-state index in [0.717, 1.165) is 66.7 Å². The van der Waals surface area contributed by atoms with Crippen LogP contribution in [0.4, 0.5) is 0 Å². The third kappa shape index (κ3) is 29.4. The lowest BCUT2D eigenvalue weighted by Crippen LogP contribution is -2.45. The third-order valence-corrected chi connectivity index (χ3v) is 29.8. The fourth-order valence-electron chi connectivity index (χ4n) is 7.93. The van der Waals surface area contributed by atoms with Crippen LogP contribution in [0, 0.1) is 17.8 Å². The third-order valence-electron chi connectivity index (χ3n) is 10.5. The van der Waals surface area contributed by atoms with Crippen molar-refractivity contribution in [2.24, 2.45) is 17.8 Å². The zero-order chi connectivity index (χ0) is 44.8. The molecule has 1 fully saturated rings. The normalized spacial score (nSPS) is 17.8. The average molecular weight is 1050 g/mol. The maximum atomic E-state index is 6.07. The largest absolute Gasteiger partial charge is 0.500 e. The average Bonchev–Trinajstić information content (AvgIpc) is 3.23. The molecule has 9 nitrogen and oxygen atoms in total. The summed E-state index contributed by atoms with van der Waals surface area (Å²) in [5.41, 5.74) is 0. The molecular formula is C42H90O9S7Si3. The van der Waals surface area contributed by atoms with Crippen molar-refractivity contribution in [3.8, 4) is 0 Å². The van der Waals surface area contributed by atoms with Gasteiger partial charge in [0, 0.05) is 101 Å². The van der Waals surface area contributed by atoms with Gasteiger partial charge in [0.1, 0.15) is 0 Å². The molecule has 0 N–H and O–H groups in total. The van der Waals surface area contributed by atoms with Crippen molar-refractivity contribution in [2.45, 2.75) is 157 Å². The summed E-state index contributed by atoms with van der Waals surface area (Å²) in [5.74, 6) is 9.94. The van der Waals surface area contributed by atoms with Crippen molar-refractivity contribution >= 4 is 101 Å². The molecule has 0 amide bonds. The van der Waals surface area contributed by atoms with Gasteiger partial charge < -0.3 is 39.8 Å². The second-order valence-electron chi connectivity index (χ2n) is 14.9. The maximum Gasteiger partial charge on any atom is 0.500 e. The van der Waals surface area contributed by atoms with E-state index >= 15 is 0 Å². The van der Waals surface area contributed by atoms with E-state index in [2.05, 4.69) is 33.3 Å². The zero-order valence-electron chi connectivity index (χ0n) is 40.0. The minimum absolute atomic E-state index is 0.651. The van der Waals surface area contributed by atoms with Crippen molar-refractivity contribution in [1.82, 2.24) is 0 Å². The van der Waals surface area contributed by atoms with Gasteiger partial charge in [0.05, 0.1) is 0 Å². The van der Waals surface area contributed by atoms with Crippen molar-refractivity contribution in [1.29, 1.82) is 0 Å². The highest BCUT2D eigenvalue weighted by Gasteiger charge is 2.41. The summed E-state index contributed by atoms with van der Waals surface area (Å²) < 4.78 is 54.5. The molecule has 0 aliphatic heterocycles. The van der Waals surface area contributed by atoms with Gasteiger partial charge in [0.15, 0.2) is 0 Å². The Kier molecular flexibility index (Phi) is 42.2. The topological polar surface area (TPSA) is 83.1 Å². The minimum Gasteiger partial charge on any atom is -0.374 e. The van der Waals surface area contributed by atoms with E-state index in [9.17, 15) is 0 Å². The van der Waals surface area contributed by atoms with Gasteiger partial charge in [-0.05, 0) is 182 Å². The Morgan fingerprint density at radius 2 is 0.705 bits per heavy atom. The van der Waals surface area contributed by atoms with Crippen molar-refractivity contribution in [2.75, 3.05) is 94.0 Å². The summed E-state index contributed by atoms with van der Waals surface area (Å²) in [6.07, 6.45) is 15.2. The van der Waals surface area contributed by atoms with Gasteiger partial charge in [-0.3, -0.25) is 0 Å². The summed E-state index contributed by atoms with van der Waals surface area (Å²) in [7, 11) is 4.64. The van der Waals surface area contributed by atoms with Crippen LogP contribution in [0.1, 0.15) is 139 Å². The molecule has 1 rings (SSSR count). The number of hydrogen-bond donors (Lipinski definition) is 0. The van der Waals surface area contributed by atoms with Crippen LogP contribution in [0.5, 0.6) is 0 Å². The molecule has 0 aromatic rings. The smallest absolute Gasteiger partial charge is 0.374 e. The molecular weight excluding hydrogens is 957 g/mol.